The Hall–Kier alpha value is -2.40. The molecule has 2 aromatic rings. The number of hydrogen-bond acceptors (Lipinski definition) is 3. The van der Waals surface area contributed by atoms with E-state index >= 15 is 0 Å². The van der Waals surface area contributed by atoms with E-state index in [0.717, 1.165) is 30.8 Å². The third-order valence-corrected chi connectivity index (χ3v) is 2.90. The zero-order valence-electron chi connectivity index (χ0n) is 11.9. The van der Waals surface area contributed by atoms with Crippen molar-refractivity contribution in [3.63, 3.8) is 0 Å². The minimum absolute atomic E-state index is 0.173. The molecule has 0 aliphatic heterocycles. The molecule has 0 unspecified atom stereocenters. The molecule has 1 heterocycles. The lowest BCUT2D eigenvalue weighted by atomic mass is 10.3. The van der Waals surface area contributed by atoms with Crippen LogP contribution in [0.2, 0.25) is 0 Å². The summed E-state index contributed by atoms with van der Waals surface area (Å²) in [7, 11) is 0. The maximum Gasteiger partial charge on any atom is 0.319 e. The lowest BCUT2D eigenvalue weighted by molar-refractivity contribution is 0.252. The van der Waals surface area contributed by atoms with Gasteiger partial charge < -0.3 is 16.0 Å². The highest BCUT2D eigenvalue weighted by Gasteiger charge is 1.99. The molecule has 0 saturated carbocycles. The molecule has 0 fully saturated rings. The third-order valence-electron chi connectivity index (χ3n) is 2.90. The Balaban J connectivity index is 1.52. The predicted octanol–water partition coefficient (Wildman–Crippen LogP) is 2.38. The van der Waals surface area contributed by atoms with E-state index in [1.807, 2.05) is 48.7 Å². The van der Waals surface area contributed by atoms with Gasteiger partial charge in [0.2, 0.25) is 0 Å². The minimum Gasteiger partial charge on any atom is -0.338 e. The Kier molecular flexibility index (Phi) is 6.22. The van der Waals surface area contributed by atoms with Crippen LogP contribution in [-0.4, -0.2) is 24.1 Å². The highest BCUT2D eigenvalue weighted by molar-refractivity contribution is 5.89. The van der Waals surface area contributed by atoms with Gasteiger partial charge in [0.15, 0.2) is 0 Å². The standard InChI is InChI=1S/C16H20N4O/c21-16(20-15-7-2-1-3-8-15)19-11-5-10-18-13-14-6-4-9-17-12-14/h1-4,6-9,12,18H,5,10-11,13H2,(H2,19,20,21). The second-order valence-corrected chi connectivity index (χ2v) is 4.64. The first kappa shape index (κ1) is 15.0. The number of para-hydroxylation sites is 1. The van der Waals surface area contributed by atoms with Crippen LogP contribution in [0.5, 0.6) is 0 Å². The smallest absolute Gasteiger partial charge is 0.319 e. The van der Waals surface area contributed by atoms with Gasteiger partial charge in [0.05, 0.1) is 0 Å². The topological polar surface area (TPSA) is 66.0 Å². The van der Waals surface area contributed by atoms with Crippen molar-refractivity contribution in [1.82, 2.24) is 15.6 Å². The molecule has 5 nitrogen and oxygen atoms in total. The number of nitrogens with zero attached hydrogens (tertiary/aromatic N) is 1. The van der Waals surface area contributed by atoms with Crippen LogP contribution in [-0.2, 0) is 6.54 Å². The van der Waals surface area contributed by atoms with E-state index < -0.39 is 0 Å². The number of rotatable bonds is 7. The molecule has 0 spiro atoms. The number of amides is 2. The molecule has 5 heteroatoms. The second-order valence-electron chi connectivity index (χ2n) is 4.64. The molecule has 0 saturated heterocycles. The van der Waals surface area contributed by atoms with E-state index in [1.54, 1.807) is 6.20 Å². The van der Waals surface area contributed by atoms with Crippen LogP contribution in [0.3, 0.4) is 0 Å². The Bertz CT molecular complexity index is 530. The van der Waals surface area contributed by atoms with Gasteiger partial charge in [-0.1, -0.05) is 24.3 Å². The predicted molar refractivity (Wildman–Crippen MR) is 84.0 cm³/mol. The molecule has 3 N–H and O–H groups in total. The fourth-order valence-electron chi connectivity index (χ4n) is 1.85. The van der Waals surface area contributed by atoms with Gasteiger partial charge in [-0.15, -0.1) is 0 Å². The third kappa shape index (κ3) is 6.05. The molecule has 0 radical (unpaired) electrons. The highest BCUT2D eigenvalue weighted by Crippen LogP contribution is 2.03. The first-order chi connectivity index (χ1) is 10.3. The highest BCUT2D eigenvalue weighted by atomic mass is 16.2. The van der Waals surface area contributed by atoms with Crippen LogP contribution in [0.4, 0.5) is 10.5 Å². The van der Waals surface area contributed by atoms with Crippen LogP contribution < -0.4 is 16.0 Å². The summed E-state index contributed by atoms with van der Waals surface area (Å²) in [6.07, 6.45) is 4.49. The fraction of sp³-hybridized carbons (Fsp3) is 0.250. The number of urea groups is 1. The Labute approximate surface area is 124 Å². The number of anilines is 1. The molecule has 21 heavy (non-hydrogen) atoms. The summed E-state index contributed by atoms with van der Waals surface area (Å²) in [5.74, 6) is 0. The fourth-order valence-corrected chi connectivity index (χ4v) is 1.85. The summed E-state index contributed by atoms with van der Waals surface area (Å²) in [6.45, 7) is 2.28. The van der Waals surface area contributed by atoms with Crippen LogP contribution in [0.15, 0.2) is 54.9 Å². The van der Waals surface area contributed by atoms with Crippen LogP contribution in [0, 0.1) is 0 Å². The summed E-state index contributed by atoms with van der Waals surface area (Å²) < 4.78 is 0. The first-order valence-corrected chi connectivity index (χ1v) is 7.04. The maximum absolute atomic E-state index is 11.6. The first-order valence-electron chi connectivity index (χ1n) is 7.04. The Morgan fingerprint density at radius 2 is 1.90 bits per heavy atom. The van der Waals surface area contributed by atoms with Gasteiger partial charge in [0, 0.05) is 31.2 Å². The lowest BCUT2D eigenvalue weighted by Gasteiger charge is -2.08. The zero-order chi connectivity index (χ0) is 14.8. The number of carbonyl (C=O) groups excluding carboxylic acids is 1. The van der Waals surface area contributed by atoms with Crippen molar-refractivity contribution >= 4 is 11.7 Å². The number of benzene rings is 1. The minimum atomic E-state index is -0.173. The van der Waals surface area contributed by atoms with Gasteiger partial charge in [-0.2, -0.15) is 0 Å². The summed E-state index contributed by atoms with van der Waals surface area (Å²) in [5, 5.41) is 8.92. The van der Waals surface area contributed by atoms with E-state index in [-0.39, 0.29) is 6.03 Å². The summed E-state index contributed by atoms with van der Waals surface area (Å²) in [6, 6.07) is 13.2. The van der Waals surface area contributed by atoms with Gasteiger partial charge in [-0.05, 0) is 36.7 Å². The van der Waals surface area contributed by atoms with E-state index in [1.165, 1.54) is 0 Å². The largest absolute Gasteiger partial charge is 0.338 e. The van der Waals surface area contributed by atoms with Crippen molar-refractivity contribution < 1.29 is 4.79 Å². The lowest BCUT2D eigenvalue weighted by Crippen LogP contribution is -2.31. The van der Waals surface area contributed by atoms with Crippen LogP contribution in [0.25, 0.3) is 0 Å². The van der Waals surface area contributed by atoms with Crippen molar-refractivity contribution in [3.05, 3.63) is 60.4 Å². The Morgan fingerprint density at radius 3 is 2.67 bits per heavy atom. The average molecular weight is 284 g/mol. The maximum atomic E-state index is 11.6. The van der Waals surface area contributed by atoms with E-state index in [2.05, 4.69) is 20.9 Å². The van der Waals surface area contributed by atoms with Crippen molar-refractivity contribution in [1.29, 1.82) is 0 Å². The van der Waals surface area contributed by atoms with E-state index in [9.17, 15) is 4.79 Å². The Morgan fingerprint density at radius 1 is 1.05 bits per heavy atom. The van der Waals surface area contributed by atoms with E-state index in [0.29, 0.717) is 6.54 Å². The molecule has 110 valence electrons. The SMILES string of the molecule is O=C(NCCCNCc1cccnc1)Nc1ccccc1. The van der Waals surface area contributed by atoms with Crippen molar-refractivity contribution in [2.24, 2.45) is 0 Å². The van der Waals surface area contributed by atoms with Crippen LogP contribution in [0.1, 0.15) is 12.0 Å². The van der Waals surface area contributed by atoms with Gasteiger partial charge >= 0.3 is 6.03 Å². The van der Waals surface area contributed by atoms with Crippen molar-refractivity contribution in [2.45, 2.75) is 13.0 Å². The molecule has 0 aliphatic carbocycles. The van der Waals surface area contributed by atoms with Crippen molar-refractivity contribution in [3.8, 4) is 0 Å². The molecule has 0 bridgehead atoms. The molecule has 0 aliphatic rings. The van der Waals surface area contributed by atoms with Crippen LogP contribution >= 0.6 is 0 Å². The summed E-state index contributed by atoms with van der Waals surface area (Å²) >= 11 is 0. The van der Waals surface area contributed by atoms with Gasteiger partial charge in [-0.3, -0.25) is 4.98 Å². The van der Waals surface area contributed by atoms with E-state index in [4.69, 9.17) is 0 Å². The average Bonchev–Trinajstić information content (AvgIpc) is 2.53. The molecule has 1 aromatic carbocycles. The zero-order valence-corrected chi connectivity index (χ0v) is 11.9. The molecule has 1 aromatic heterocycles. The number of pyridine rings is 1. The normalized spacial score (nSPS) is 10.1. The second kappa shape index (κ2) is 8.71. The van der Waals surface area contributed by atoms with Crippen molar-refractivity contribution in [2.75, 3.05) is 18.4 Å². The summed E-state index contributed by atoms with van der Waals surface area (Å²) in [4.78, 5) is 15.7. The number of aromatic nitrogens is 1. The molecule has 2 rings (SSSR count). The number of carbonyl (C=O) groups is 1. The molecule has 2 amide bonds. The quantitative estimate of drug-likeness (QED) is 0.684. The molecular formula is C16H20N4O. The summed E-state index contributed by atoms with van der Waals surface area (Å²) in [5.41, 5.74) is 1.96. The van der Waals surface area contributed by atoms with Gasteiger partial charge in [0.25, 0.3) is 0 Å². The number of nitrogens with one attached hydrogen (secondary N) is 3. The van der Waals surface area contributed by atoms with Gasteiger partial charge in [0.1, 0.15) is 0 Å². The monoisotopic (exact) mass is 284 g/mol. The molecular weight excluding hydrogens is 264 g/mol. The van der Waals surface area contributed by atoms with Gasteiger partial charge in [-0.25, -0.2) is 4.79 Å². The number of hydrogen-bond donors (Lipinski definition) is 3. The molecule has 0 atom stereocenters.